The number of carbonyl (C=O) groups excluding carboxylic acids is 1. The smallest absolute Gasteiger partial charge is 0.243 e. The third-order valence-corrected chi connectivity index (χ3v) is 4.50. The van der Waals surface area contributed by atoms with Gasteiger partial charge in [-0.1, -0.05) is 36.6 Å². The number of nitrogens with zero attached hydrogens (tertiary/aromatic N) is 3. The van der Waals surface area contributed by atoms with Crippen LogP contribution in [0.4, 0.5) is 0 Å². The zero-order valence-electron chi connectivity index (χ0n) is 14.8. The van der Waals surface area contributed by atoms with Crippen molar-refractivity contribution in [3.63, 3.8) is 0 Å². The van der Waals surface area contributed by atoms with E-state index in [4.69, 9.17) is 11.6 Å². The number of aliphatic imine (C=N–C) groups is 1. The number of rotatable bonds is 5. The van der Waals surface area contributed by atoms with Crippen molar-refractivity contribution in [1.82, 2.24) is 15.1 Å². The highest BCUT2D eigenvalue weighted by molar-refractivity contribution is 6.30. The Morgan fingerprint density at radius 1 is 1.21 bits per heavy atom. The highest BCUT2D eigenvalue weighted by Gasteiger charge is 2.18. The highest BCUT2D eigenvalue weighted by atomic mass is 35.5. The van der Waals surface area contributed by atoms with Crippen molar-refractivity contribution >= 4 is 23.5 Å². The largest absolute Gasteiger partial charge is 0.353 e. The fourth-order valence-corrected chi connectivity index (χ4v) is 2.88. The number of nitrogens with one attached hydrogen (secondary N) is 1. The molecule has 1 aliphatic carbocycles. The molecule has 2 rings (SSSR count). The summed E-state index contributed by atoms with van der Waals surface area (Å²) in [6, 6.07) is 8.25. The normalized spacial score (nSPS) is 15.4. The Morgan fingerprint density at radius 3 is 2.42 bits per heavy atom. The molecule has 1 aliphatic rings. The molecule has 0 saturated heterocycles. The summed E-state index contributed by atoms with van der Waals surface area (Å²) < 4.78 is 0. The molecule has 0 aromatic heterocycles. The second-order valence-electron chi connectivity index (χ2n) is 6.54. The summed E-state index contributed by atoms with van der Waals surface area (Å²) in [6.45, 7) is 0.874. The van der Waals surface area contributed by atoms with E-state index in [0.29, 0.717) is 12.6 Å². The number of hydrogen-bond acceptors (Lipinski definition) is 2. The maximum atomic E-state index is 11.9. The second-order valence-corrected chi connectivity index (χ2v) is 6.97. The molecule has 0 radical (unpaired) electrons. The first kappa shape index (κ1) is 18.6. The molecule has 5 nitrogen and oxygen atoms in total. The van der Waals surface area contributed by atoms with Gasteiger partial charge >= 0.3 is 0 Å². The Labute approximate surface area is 149 Å². The van der Waals surface area contributed by atoms with Crippen LogP contribution < -0.4 is 5.32 Å². The van der Waals surface area contributed by atoms with Crippen molar-refractivity contribution in [3.8, 4) is 0 Å². The van der Waals surface area contributed by atoms with Crippen molar-refractivity contribution in [1.29, 1.82) is 0 Å². The van der Waals surface area contributed by atoms with Crippen LogP contribution >= 0.6 is 11.6 Å². The molecular formula is C18H27ClN4O. The monoisotopic (exact) mass is 350 g/mol. The van der Waals surface area contributed by atoms with Crippen molar-refractivity contribution < 1.29 is 4.79 Å². The molecule has 0 aliphatic heterocycles. The molecule has 6 heteroatoms. The molecule has 1 amide bonds. The van der Waals surface area contributed by atoms with Gasteiger partial charge in [-0.15, -0.1) is 0 Å². The molecule has 24 heavy (non-hydrogen) atoms. The molecule has 0 spiro atoms. The second kappa shape index (κ2) is 8.92. The minimum Gasteiger partial charge on any atom is -0.353 e. The zero-order chi connectivity index (χ0) is 17.5. The highest BCUT2D eigenvalue weighted by Crippen LogP contribution is 2.18. The van der Waals surface area contributed by atoms with Crippen LogP contribution in [0.25, 0.3) is 0 Å². The van der Waals surface area contributed by atoms with Gasteiger partial charge in [0.15, 0.2) is 5.96 Å². The molecule has 0 bridgehead atoms. The van der Waals surface area contributed by atoms with Gasteiger partial charge in [-0.05, 0) is 30.5 Å². The van der Waals surface area contributed by atoms with Crippen LogP contribution in [0, 0.1) is 0 Å². The SMILES string of the molecule is CN(C)C(=O)CN=C(NC1CCCC1)N(C)Cc1ccc(Cl)cc1. The number of likely N-dealkylation sites (N-methyl/N-ethyl adjacent to an activating group) is 1. The predicted octanol–water partition coefficient (Wildman–Crippen LogP) is 2.75. The van der Waals surface area contributed by atoms with Gasteiger partial charge in [-0.25, -0.2) is 4.99 Å². The molecule has 1 fully saturated rings. The lowest BCUT2D eigenvalue weighted by Crippen LogP contribution is -2.43. The predicted molar refractivity (Wildman–Crippen MR) is 99.3 cm³/mol. The number of amides is 1. The number of carbonyl (C=O) groups is 1. The lowest BCUT2D eigenvalue weighted by atomic mass is 10.2. The Balaban J connectivity index is 2.05. The van der Waals surface area contributed by atoms with Crippen LogP contribution in [-0.4, -0.2) is 55.4 Å². The molecule has 1 aromatic rings. The minimum absolute atomic E-state index is 0.000569. The first-order chi connectivity index (χ1) is 11.5. The van der Waals surface area contributed by atoms with Crippen LogP contribution in [0.1, 0.15) is 31.2 Å². The van der Waals surface area contributed by atoms with E-state index >= 15 is 0 Å². The average molecular weight is 351 g/mol. The van der Waals surface area contributed by atoms with Gasteiger partial charge < -0.3 is 15.1 Å². The summed E-state index contributed by atoms with van der Waals surface area (Å²) >= 11 is 5.95. The first-order valence-corrected chi connectivity index (χ1v) is 8.80. The molecule has 132 valence electrons. The van der Waals surface area contributed by atoms with Crippen LogP contribution in [0.3, 0.4) is 0 Å². The van der Waals surface area contributed by atoms with Crippen LogP contribution in [0.15, 0.2) is 29.3 Å². The summed E-state index contributed by atoms with van der Waals surface area (Å²) in [7, 11) is 5.49. The molecule has 1 saturated carbocycles. The van der Waals surface area contributed by atoms with Gasteiger partial charge in [-0.3, -0.25) is 4.79 Å². The fraction of sp³-hybridized carbons (Fsp3) is 0.556. The van der Waals surface area contributed by atoms with Gasteiger partial charge in [0.1, 0.15) is 6.54 Å². The quantitative estimate of drug-likeness (QED) is 0.656. The summed E-state index contributed by atoms with van der Waals surface area (Å²) in [5.74, 6) is 0.785. The van der Waals surface area contributed by atoms with E-state index in [1.54, 1.807) is 19.0 Å². The number of halogens is 1. The van der Waals surface area contributed by atoms with Gasteiger partial charge in [0.05, 0.1) is 0 Å². The Bertz CT molecular complexity index is 565. The van der Waals surface area contributed by atoms with Crippen molar-refractivity contribution in [2.45, 2.75) is 38.3 Å². The number of guanidine groups is 1. The molecule has 1 N–H and O–H groups in total. The molecule has 0 atom stereocenters. The van der Waals surface area contributed by atoms with E-state index in [1.807, 2.05) is 31.3 Å². The molecular weight excluding hydrogens is 324 g/mol. The van der Waals surface area contributed by atoms with E-state index < -0.39 is 0 Å². The Kier molecular flexibility index (Phi) is 6.91. The third kappa shape index (κ3) is 5.71. The Hall–Kier alpha value is -1.75. The maximum Gasteiger partial charge on any atom is 0.243 e. The number of benzene rings is 1. The topological polar surface area (TPSA) is 47.9 Å². The van der Waals surface area contributed by atoms with Gasteiger partial charge in [0.2, 0.25) is 5.91 Å². The van der Waals surface area contributed by atoms with E-state index in [1.165, 1.54) is 12.8 Å². The van der Waals surface area contributed by atoms with E-state index in [9.17, 15) is 4.79 Å². The third-order valence-electron chi connectivity index (χ3n) is 4.25. The first-order valence-electron chi connectivity index (χ1n) is 8.42. The Morgan fingerprint density at radius 2 is 1.83 bits per heavy atom. The summed E-state index contributed by atoms with van der Waals surface area (Å²) in [5, 5.41) is 4.25. The summed E-state index contributed by atoms with van der Waals surface area (Å²) in [5.41, 5.74) is 1.15. The van der Waals surface area contributed by atoms with E-state index in [0.717, 1.165) is 29.4 Å². The van der Waals surface area contributed by atoms with Crippen LogP contribution in [-0.2, 0) is 11.3 Å². The van der Waals surface area contributed by atoms with Crippen molar-refractivity contribution in [2.24, 2.45) is 4.99 Å². The van der Waals surface area contributed by atoms with Gasteiger partial charge in [-0.2, -0.15) is 0 Å². The molecule has 0 heterocycles. The van der Waals surface area contributed by atoms with Gasteiger partial charge in [0, 0.05) is 38.8 Å². The van der Waals surface area contributed by atoms with E-state index in [2.05, 4.69) is 15.2 Å². The molecule has 1 aromatic carbocycles. The fourth-order valence-electron chi connectivity index (χ4n) is 2.75. The van der Waals surface area contributed by atoms with Crippen molar-refractivity contribution in [2.75, 3.05) is 27.7 Å². The molecule has 0 unspecified atom stereocenters. The number of hydrogen-bond donors (Lipinski definition) is 1. The van der Waals surface area contributed by atoms with E-state index in [-0.39, 0.29) is 12.5 Å². The maximum absolute atomic E-state index is 11.9. The average Bonchev–Trinajstić information content (AvgIpc) is 3.06. The minimum atomic E-state index is 0.000569. The van der Waals surface area contributed by atoms with Crippen LogP contribution in [0.2, 0.25) is 5.02 Å². The van der Waals surface area contributed by atoms with Gasteiger partial charge in [0.25, 0.3) is 0 Å². The lowest BCUT2D eigenvalue weighted by Gasteiger charge is -2.25. The lowest BCUT2D eigenvalue weighted by molar-refractivity contribution is -0.127. The zero-order valence-corrected chi connectivity index (χ0v) is 15.5. The van der Waals surface area contributed by atoms with Crippen molar-refractivity contribution in [3.05, 3.63) is 34.9 Å². The summed E-state index contributed by atoms with van der Waals surface area (Å²) in [4.78, 5) is 20.0. The summed E-state index contributed by atoms with van der Waals surface area (Å²) in [6.07, 6.45) is 4.83. The van der Waals surface area contributed by atoms with Crippen LogP contribution in [0.5, 0.6) is 0 Å². The standard InChI is InChI=1S/C18H27ClN4O/c1-22(2)17(24)12-20-18(21-16-6-4-5-7-16)23(3)13-14-8-10-15(19)11-9-14/h8-11,16H,4-7,12-13H2,1-3H3,(H,20,21).